The van der Waals surface area contributed by atoms with Gasteiger partial charge in [0.1, 0.15) is 0 Å². The molecule has 5 nitrogen and oxygen atoms in total. The van der Waals surface area contributed by atoms with E-state index in [1.807, 2.05) is 40.1 Å². The van der Waals surface area contributed by atoms with E-state index in [4.69, 9.17) is 0 Å². The zero-order valence-corrected chi connectivity index (χ0v) is 13.9. The van der Waals surface area contributed by atoms with Gasteiger partial charge < -0.3 is 10.2 Å². The Bertz CT molecular complexity index is 467. The van der Waals surface area contributed by atoms with Crippen LogP contribution in [0.5, 0.6) is 0 Å². The van der Waals surface area contributed by atoms with E-state index >= 15 is 0 Å². The van der Waals surface area contributed by atoms with Gasteiger partial charge in [0, 0.05) is 26.7 Å². The van der Waals surface area contributed by atoms with Gasteiger partial charge in [0.25, 0.3) is 0 Å². The van der Waals surface area contributed by atoms with Gasteiger partial charge in [-0.05, 0) is 32.4 Å². The van der Waals surface area contributed by atoms with E-state index in [0.29, 0.717) is 6.42 Å². The summed E-state index contributed by atoms with van der Waals surface area (Å²) < 4.78 is 24.9. The van der Waals surface area contributed by atoms with E-state index in [-0.39, 0.29) is 6.04 Å². The van der Waals surface area contributed by atoms with E-state index in [2.05, 4.69) is 21.5 Å². The number of hydrogen-bond donors (Lipinski definition) is 2. The van der Waals surface area contributed by atoms with Crippen LogP contribution in [-0.4, -0.2) is 46.3 Å². The van der Waals surface area contributed by atoms with Crippen LogP contribution in [0.3, 0.4) is 0 Å². The first kappa shape index (κ1) is 18.7. The SMILES string of the molecule is C=C/C(=C(\C=C/C)NC)N(C)CCC(C)NS(C)(=O)=O. The van der Waals surface area contributed by atoms with Gasteiger partial charge in [0.2, 0.25) is 10.0 Å². The minimum absolute atomic E-state index is 0.0988. The third kappa shape index (κ3) is 7.35. The zero-order chi connectivity index (χ0) is 15.8. The van der Waals surface area contributed by atoms with Gasteiger partial charge >= 0.3 is 0 Å². The fraction of sp³-hybridized carbons (Fsp3) is 0.571. The number of nitrogens with zero attached hydrogens (tertiary/aromatic N) is 1. The standard InChI is InChI=1S/C14H27N3O2S/c1-7-9-13(15-4)14(8-2)17(5)11-10-12(3)16-20(6,18)19/h7-9,12,15-16H,2,10-11H2,1,3-6H3/b9-7-,14-13-. The maximum atomic E-state index is 11.1. The van der Waals surface area contributed by atoms with E-state index in [9.17, 15) is 8.42 Å². The molecule has 0 aliphatic rings. The first-order valence-electron chi connectivity index (χ1n) is 6.60. The molecule has 0 aliphatic heterocycles. The third-order valence-electron chi connectivity index (χ3n) is 2.80. The molecule has 0 spiro atoms. The van der Waals surface area contributed by atoms with Crippen molar-refractivity contribution in [1.82, 2.24) is 14.9 Å². The molecule has 0 heterocycles. The minimum Gasteiger partial charge on any atom is -0.386 e. The number of hydrogen-bond acceptors (Lipinski definition) is 4. The maximum absolute atomic E-state index is 11.1. The predicted octanol–water partition coefficient (Wildman–Crippen LogP) is 1.44. The summed E-state index contributed by atoms with van der Waals surface area (Å²) in [7, 11) is 0.674. The van der Waals surface area contributed by atoms with Gasteiger partial charge in [-0.1, -0.05) is 12.7 Å². The molecule has 1 atom stereocenters. The fourth-order valence-corrected chi connectivity index (χ4v) is 2.72. The molecule has 0 saturated heterocycles. The van der Waals surface area contributed by atoms with Crippen LogP contribution in [0.15, 0.2) is 36.2 Å². The fourth-order valence-electron chi connectivity index (χ4n) is 1.87. The summed E-state index contributed by atoms with van der Waals surface area (Å²) >= 11 is 0. The van der Waals surface area contributed by atoms with Crippen LogP contribution < -0.4 is 10.0 Å². The van der Waals surface area contributed by atoms with Crippen LogP contribution in [0.2, 0.25) is 0 Å². The van der Waals surface area contributed by atoms with Crippen molar-refractivity contribution in [3.63, 3.8) is 0 Å². The molecule has 2 N–H and O–H groups in total. The molecule has 0 aromatic heterocycles. The van der Waals surface area contributed by atoms with Crippen LogP contribution in [0, 0.1) is 0 Å². The average molecular weight is 301 g/mol. The largest absolute Gasteiger partial charge is 0.386 e. The summed E-state index contributed by atoms with van der Waals surface area (Å²) in [5, 5.41) is 3.13. The summed E-state index contributed by atoms with van der Waals surface area (Å²) in [5.74, 6) is 0. The third-order valence-corrected chi connectivity index (χ3v) is 3.63. The lowest BCUT2D eigenvalue weighted by atomic mass is 10.2. The molecule has 0 fully saturated rings. The van der Waals surface area contributed by atoms with Crippen molar-refractivity contribution in [3.8, 4) is 0 Å². The number of likely N-dealkylation sites (N-methyl/N-ethyl adjacent to an activating group) is 2. The number of nitrogens with one attached hydrogen (secondary N) is 2. The first-order valence-corrected chi connectivity index (χ1v) is 8.49. The molecular weight excluding hydrogens is 274 g/mol. The Labute approximate surface area is 123 Å². The monoisotopic (exact) mass is 301 g/mol. The summed E-state index contributed by atoms with van der Waals surface area (Å²) in [6.07, 6.45) is 7.62. The maximum Gasteiger partial charge on any atom is 0.208 e. The highest BCUT2D eigenvalue weighted by Crippen LogP contribution is 2.10. The van der Waals surface area contributed by atoms with Crippen LogP contribution in [0.4, 0.5) is 0 Å². The molecule has 0 saturated carbocycles. The highest BCUT2D eigenvalue weighted by Gasteiger charge is 2.11. The predicted molar refractivity (Wildman–Crippen MR) is 85.8 cm³/mol. The lowest BCUT2D eigenvalue weighted by Crippen LogP contribution is -2.34. The second kappa shape index (κ2) is 8.81. The first-order chi connectivity index (χ1) is 9.25. The van der Waals surface area contributed by atoms with E-state index in [0.717, 1.165) is 17.9 Å². The van der Waals surface area contributed by atoms with Crippen molar-refractivity contribution in [2.24, 2.45) is 0 Å². The van der Waals surface area contributed by atoms with Gasteiger partial charge in [-0.2, -0.15) is 0 Å². The Hall–Kier alpha value is -1.27. The molecule has 0 radical (unpaired) electrons. The Balaban J connectivity index is 4.73. The smallest absolute Gasteiger partial charge is 0.208 e. The summed E-state index contributed by atoms with van der Waals surface area (Å²) in [6.45, 7) is 8.38. The normalized spacial score (nSPS) is 14.8. The molecular formula is C14H27N3O2S. The molecule has 20 heavy (non-hydrogen) atoms. The average Bonchev–Trinajstić information content (AvgIpc) is 2.34. The van der Waals surface area contributed by atoms with Gasteiger partial charge in [0.15, 0.2) is 0 Å². The van der Waals surface area contributed by atoms with Crippen molar-refractivity contribution in [1.29, 1.82) is 0 Å². The lowest BCUT2D eigenvalue weighted by Gasteiger charge is -2.24. The molecule has 0 aromatic rings. The summed E-state index contributed by atoms with van der Waals surface area (Å²) in [5.41, 5.74) is 1.96. The highest BCUT2D eigenvalue weighted by atomic mass is 32.2. The zero-order valence-electron chi connectivity index (χ0n) is 13.1. The number of rotatable bonds is 9. The van der Waals surface area contributed by atoms with Gasteiger partial charge in [-0.3, -0.25) is 0 Å². The summed E-state index contributed by atoms with van der Waals surface area (Å²) in [4.78, 5) is 2.05. The second-order valence-corrected chi connectivity index (χ2v) is 6.53. The minimum atomic E-state index is -3.15. The van der Waals surface area contributed by atoms with Crippen molar-refractivity contribution in [2.75, 3.05) is 26.9 Å². The Morgan fingerprint density at radius 3 is 2.45 bits per heavy atom. The van der Waals surface area contributed by atoms with Crippen molar-refractivity contribution in [3.05, 3.63) is 36.2 Å². The molecule has 0 aliphatic carbocycles. The molecule has 0 aromatic carbocycles. The van der Waals surface area contributed by atoms with E-state index in [1.165, 1.54) is 6.26 Å². The molecule has 0 amide bonds. The van der Waals surface area contributed by atoms with Gasteiger partial charge in [-0.25, -0.2) is 13.1 Å². The number of allylic oxidation sites excluding steroid dienone is 3. The Morgan fingerprint density at radius 2 is 2.05 bits per heavy atom. The Morgan fingerprint density at radius 1 is 1.45 bits per heavy atom. The molecule has 1 unspecified atom stereocenters. The van der Waals surface area contributed by atoms with Crippen LogP contribution in [0.1, 0.15) is 20.3 Å². The van der Waals surface area contributed by atoms with Crippen LogP contribution in [-0.2, 0) is 10.0 Å². The van der Waals surface area contributed by atoms with E-state index in [1.54, 1.807) is 6.08 Å². The van der Waals surface area contributed by atoms with Crippen molar-refractivity contribution < 1.29 is 8.42 Å². The summed E-state index contributed by atoms with van der Waals surface area (Å²) in [6, 6.07) is -0.0988. The highest BCUT2D eigenvalue weighted by molar-refractivity contribution is 7.88. The molecule has 0 bridgehead atoms. The van der Waals surface area contributed by atoms with Crippen molar-refractivity contribution in [2.45, 2.75) is 26.3 Å². The van der Waals surface area contributed by atoms with Crippen LogP contribution in [0.25, 0.3) is 0 Å². The Kier molecular flexibility index (Phi) is 8.25. The van der Waals surface area contributed by atoms with Gasteiger partial charge in [0.05, 0.1) is 17.6 Å². The quantitative estimate of drug-likeness (QED) is 0.633. The van der Waals surface area contributed by atoms with Crippen LogP contribution >= 0.6 is 0 Å². The molecule has 116 valence electrons. The molecule has 6 heteroatoms. The van der Waals surface area contributed by atoms with Gasteiger partial charge in [-0.15, -0.1) is 0 Å². The molecule has 0 rings (SSSR count). The van der Waals surface area contributed by atoms with Crippen molar-refractivity contribution >= 4 is 10.0 Å². The number of sulfonamides is 1. The second-order valence-electron chi connectivity index (χ2n) is 4.75. The lowest BCUT2D eigenvalue weighted by molar-refractivity contribution is 0.392. The van der Waals surface area contributed by atoms with E-state index < -0.39 is 10.0 Å². The topological polar surface area (TPSA) is 61.4 Å².